The lowest BCUT2D eigenvalue weighted by atomic mass is 9.95. The molecule has 0 spiro atoms. The molecule has 2 fully saturated rings. The molecule has 0 saturated heterocycles. The summed E-state index contributed by atoms with van der Waals surface area (Å²) in [5, 5.41) is 3.27. The molecule has 2 saturated carbocycles. The second-order valence-electron chi connectivity index (χ2n) is 7.55. The average molecular weight is 352 g/mol. The number of nitrogens with one attached hydrogen (secondary N) is 1. The minimum absolute atomic E-state index is 0.0929. The van der Waals surface area contributed by atoms with Gasteiger partial charge in [-0.25, -0.2) is 0 Å². The van der Waals surface area contributed by atoms with Gasteiger partial charge < -0.3 is 5.32 Å². The molecule has 25 heavy (non-hydrogen) atoms. The molecular formula is C22H25NOS. The van der Waals surface area contributed by atoms with Gasteiger partial charge >= 0.3 is 0 Å². The highest BCUT2D eigenvalue weighted by atomic mass is 32.2. The lowest BCUT2D eigenvalue weighted by Gasteiger charge is -2.22. The Balaban J connectivity index is 1.31. The maximum absolute atomic E-state index is 12.5. The van der Waals surface area contributed by atoms with Gasteiger partial charge in [0, 0.05) is 22.3 Å². The molecule has 2 aliphatic rings. The molecule has 2 nitrogen and oxygen atoms in total. The third-order valence-corrected chi connectivity index (χ3v) is 6.78. The highest BCUT2D eigenvalue weighted by molar-refractivity contribution is 7.98. The molecule has 1 N–H and O–H groups in total. The Kier molecular flexibility index (Phi) is 4.85. The highest BCUT2D eigenvalue weighted by Crippen LogP contribution is 2.44. The van der Waals surface area contributed by atoms with E-state index >= 15 is 0 Å². The van der Waals surface area contributed by atoms with Crippen LogP contribution in [0, 0.1) is 18.8 Å². The lowest BCUT2D eigenvalue weighted by Crippen LogP contribution is -2.38. The molecule has 1 amide bonds. The molecule has 2 aromatic rings. The van der Waals surface area contributed by atoms with Crippen LogP contribution in [-0.2, 0) is 5.75 Å². The van der Waals surface area contributed by atoms with E-state index < -0.39 is 0 Å². The second-order valence-corrected chi connectivity index (χ2v) is 8.60. The molecule has 2 bridgehead atoms. The van der Waals surface area contributed by atoms with Crippen molar-refractivity contribution < 1.29 is 4.79 Å². The maximum atomic E-state index is 12.5. The Morgan fingerprint density at radius 2 is 1.80 bits per heavy atom. The van der Waals surface area contributed by atoms with Gasteiger partial charge in [0.05, 0.1) is 0 Å². The van der Waals surface area contributed by atoms with Gasteiger partial charge in [0.15, 0.2) is 0 Å². The normalized spacial score (nSPS) is 24.4. The number of aryl methyl sites for hydroxylation is 1. The lowest BCUT2D eigenvalue weighted by molar-refractivity contribution is 0.0923. The minimum atomic E-state index is 0.0929. The Morgan fingerprint density at radius 3 is 2.44 bits per heavy atom. The van der Waals surface area contributed by atoms with E-state index in [1.807, 2.05) is 23.9 Å². The maximum Gasteiger partial charge on any atom is 0.251 e. The van der Waals surface area contributed by atoms with Crippen molar-refractivity contribution in [2.75, 3.05) is 0 Å². The van der Waals surface area contributed by atoms with E-state index in [9.17, 15) is 4.79 Å². The van der Waals surface area contributed by atoms with Crippen LogP contribution in [0.4, 0.5) is 0 Å². The van der Waals surface area contributed by atoms with Crippen LogP contribution >= 0.6 is 11.8 Å². The van der Waals surface area contributed by atoms with E-state index in [1.54, 1.807) is 0 Å². The van der Waals surface area contributed by atoms with Crippen molar-refractivity contribution in [3.8, 4) is 0 Å². The van der Waals surface area contributed by atoms with Crippen molar-refractivity contribution in [1.82, 2.24) is 5.32 Å². The van der Waals surface area contributed by atoms with Gasteiger partial charge in [0.2, 0.25) is 0 Å². The van der Waals surface area contributed by atoms with E-state index in [4.69, 9.17) is 0 Å². The second kappa shape index (κ2) is 7.25. The summed E-state index contributed by atoms with van der Waals surface area (Å²) in [6.45, 7) is 2.11. The zero-order valence-electron chi connectivity index (χ0n) is 14.7. The predicted molar refractivity (Wildman–Crippen MR) is 104 cm³/mol. The topological polar surface area (TPSA) is 29.1 Å². The molecule has 2 aliphatic carbocycles. The number of thioether (sulfide) groups is 1. The highest BCUT2D eigenvalue weighted by Gasteiger charge is 2.40. The molecule has 4 rings (SSSR count). The minimum Gasteiger partial charge on any atom is -0.349 e. The standard InChI is InChI=1S/C22H25NOS/c1-15-2-10-20(11-3-15)25-14-16-4-7-18(8-5-16)22(24)23-21-13-17-6-9-19(21)12-17/h2-5,7-8,10-11,17,19,21H,6,9,12-14H2,1H3,(H,23,24)/t17-,19+,21+/m0/s1. The SMILES string of the molecule is Cc1ccc(SCc2ccc(C(=O)N[C@@H]3C[C@H]4CC[C@@H]3C4)cc2)cc1. The first-order valence-corrected chi connectivity index (χ1v) is 10.3. The first kappa shape index (κ1) is 16.7. The first-order chi connectivity index (χ1) is 12.2. The Labute approximate surface area is 154 Å². The van der Waals surface area contributed by atoms with Crippen LogP contribution in [0.5, 0.6) is 0 Å². The average Bonchev–Trinajstić information content (AvgIpc) is 3.25. The monoisotopic (exact) mass is 351 g/mol. The van der Waals surface area contributed by atoms with Gasteiger partial charge in [-0.3, -0.25) is 4.79 Å². The van der Waals surface area contributed by atoms with Gasteiger partial charge in [0.1, 0.15) is 0 Å². The van der Waals surface area contributed by atoms with Gasteiger partial charge in [-0.2, -0.15) is 0 Å². The van der Waals surface area contributed by atoms with Crippen molar-refractivity contribution in [2.45, 2.75) is 49.3 Å². The summed E-state index contributed by atoms with van der Waals surface area (Å²) in [5.74, 6) is 2.60. The van der Waals surface area contributed by atoms with Crippen LogP contribution in [0.2, 0.25) is 0 Å². The number of hydrogen-bond acceptors (Lipinski definition) is 2. The fourth-order valence-electron chi connectivity index (χ4n) is 4.23. The molecule has 0 aromatic heterocycles. The Bertz CT molecular complexity index is 738. The van der Waals surface area contributed by atoms with Gasteiger partial charge in [-0.1, -0.05) is 36.2 Å². The molecule has 0 heterocycles. The quantitative estimate of drug-likeness (QED) is 0.750. The summed E-state index contributed by atoms with van der Waals surface area (Å²) in [5.41, 5.74) is 3.32. The zero-order chi connectivity index (χ0) is 17.2. The first-order valence-electron chi connectivity index (χ1n) is 9.26. The van der Waals surface area contributed by atoms with Crippen LogP contribution in [0.15, 0.2) is 53.4 Å². The molecular weight excluding hydrogens is 326 g/mol. The van der Waals surface area contributed by atoms with Crippen molar-refractivity contribution >= 4 is 17.7 Å². The Morgan fingerprint density at radius 1 is 1.04 bits per heavy atom. The predicted octanol–water partition coefficient (Wildman–Crippen LogP) is 5.21. The molecule has 0 aliphatic heterocycles. The summed E-state index contributed by atoms with van der Waals surface area (Å²) in [7, 11) is 0. The third-order valence-electron chi connectivity index (χ3n) is 5.70. The van der Waals surface area contributed by atoms with E-state index in [0.29, 0.717) is 6.04 Å². The molecule has 2 aromatic carbocycles. The van der Waals surface area contributed by atoms with Crippen molar-refractivity contribution in [2.24, 2.45) is 11.8 Å². The van der Waals surface area contributed by atoms with E-state index in [2.05, 4.69) is 48.6 Å². The van der Waals surface area contributed by atoms with Crippen molar-refractivity contribution in [3.63, 3.8) is 0 Å². The smallest absolute Gasteiger partial charge is 0.251 e. The molecule has 3 atom stereocenters. The van der Waals surface area contributed by atoms with Crippen LogP contribution < -0.4 is 5.32 Å². The largest absolute Gasteiger partial charge is 0.349 e. The number of hydrogen-bond donors (Lipinski definition) is 1. The summed E-state index contributed by atoms with van der Waals surface area (Å²) in [6, 6.07) is 17.1. The third kappa shape index (κ3) is 3.92. The molecule has 0 radical (unpaired) electrons. The fourth-order valence-corrected chi connectivity index (χ4v) is 5.08. The summed E-state index contributed by atoms with van der Waals surface area (Å²) in [4.78, 5) is 13.8. The van der Waals surface area contributed by atoms with E-state index in [0.717, 1.165) is 23.2 Å². The number of rotatable bonds is 5. The molecule has 3 heteroatoms. The summed E-state index contributed by atoms with van der Waals surface area (Å²) < 4.78 is 0. The number of amides is 1. The van der Waals surface area contributed by atoms with Crippen LogP contribution in [0.1, 0.15) is 47.2 Å². The summed E-state index contributed by atoms with van der Waals surface area (Å²) >= 11 is 1.83. The molecule has 130 valence electrons. The van der Waals surface area contributed by atoms with Crippen LogP contribution in [0.25, 0.3) is 0 Å². The number of fused-ring (bicyclic) bond motifs is 2. The van der Waals surface area contributed by atoms with Gasteiger partial charge in [0.25, 0.3) is 5.91 Å². The van der Waals surface area contributed by atoms with Gasteiger partial charge in [-0.05, 0) is 67.9 Å². The molecule has 0 unspecified atom stereocenters. The Hall–Kier alpha value is -1.74. The van der Waals surface area contributed by atoms with E-state index in [-0.39, 0.29) is 5.91 Å². The number of carbonyl (C=O) groups is 1. The number of carbonyl (C=O) groups excluding carboxylic acids is 1. The summed E-state index contributed by atoms with van der Waals surface area (Å²) in [6.07, 6.45) is 5.16. The fraction of sp³-hybridized carbons (Fsp3) is 0.409. The van der Waals surface area contributed by atoms with Gasteiger partial charge in [-0.15, -0.1) is 11.8 Å². The zero-order valence-corrected chi connectivity index (χ0v) is 15.5. The van der Waals surface area contributed by atoms with Crippen molar-refractivity contribution in [3.05, 3.63) is 65.2 Å². The number of benzene rings is 2. The van der Waals surface area contributed by atoms with E-state index in [1.165, 1.54) is 41.7 Å². The van der Waals surface area contributed by atoms with Crippen LogP contribution in [0.3, 0.4) is 0 Å². The van der Waals surface area contributed by atoms with Crippen molar-refractivity contribution in [1.29, 1.82) is 0 Å². The van der Waals surface area contributed by atoms with Crippen LogP contribution in [-0.4, -0.2) is 11.9 Å².